The second-order valence-electron chi connectivity index (χ2n) is 11.3. The lowest BCUT2D eigenvalue weighted by Crippen LogP contribution is -2.42. The van der Waals surface area contributed by atoms with Crippen LogP contribution in [0, 0.1) is 0 Å². The SMILES string of the molecule is Cn1c(-c2ccncc2)nc2c(N3CCOCC3)nc(-n3ccc(C4CCCN(C(=O)OC(C)(C)C)C4)n3)nc21. The van der Waals surface area contributed by atoms with Crippen LogP contribution in [-0.4, -0.2) is 90.3 Å². The number of morpholine rings is 1. The Labute approximate surface area is 233 Å². The third kappa shape index (κ3) is 5.23. The number of ether oxygens (including phenoxy) is 2. The topological polar surface area (TPSA) is 116 Å². The van der Waals surface area contributed by atoms with E-state index in [9.17, 15) is 4.79 Å². The number of anilines is 1. The summed E-state index contributed by atoms with van der Waals surface area (Å²) in [5.74, 6) is 2.15. The van der Waals surface area contributed by atoms with Crippen LogP contribution in [0.2, 0.25) is 0 Å². The number of rotatable bonds is 4. The highest BCUT2D eigenvalue weighted by Gasteiger charge is 2.30. The predicted molar refractivity (Wildman–Crippen MR) is 149 cm³/mol. The van der Waals surface area contributed by atoms with E-state index < -0.39 is 5.60 Å². The maximum Gasteiger partial charge on any atom is 0.410 e. The summed E-state index contributed by atoms with van der Waals surface area (Å²) in [6, 6.07) is 5.87. The largest absolute Gasteiger partial charge is 0.444 e. The van der Waals surface area contributed by atoms with Crippen molar-refractivity contribution in [2.45, 2.75) is 45.1 Å². The first-order valence-corrected chi connectivity index (χ1v) is 13.8. The maximum absolute atomic E-state index is 12.7. The summed E-state index contributed by atoms with van der Waals surface area (Å²) < 4.78 is 14.9. The van der Waals surface area contributed by atoms with Gasteiger partial charge in [-0.2, -0.15) is 15.1 Å². The molecule has 6 heterocycles. The summed E-state index contributed by atoms with van der Waals surface area (Å²) in [6.07, 6.45) is 6.98. The smallest absolute Gasteiger partial charge is 0.410 e. The molecule has 4 aromatic heterocycles. The maximum atomic E-state index is 12.7. The molecule has 2 saturated heterocycles. The Morgan fingerprint density at radius 2 is 1.82 bits per heavy atom. The minimum absolute atomic E-state index is 0.111. The Hall–Kier alpha value is -4.06. The van der Waals surface area contributed by atoms with Gasteiger partial charge in [-0.15, -0.1) is 0 Å². The van der Waals surface area contributed by atoms with Gasteiger partial charge in [0.2, 0.25) is 0 Å². The molecule has 40 heavy (non-hydrogen) atoms. The van der Waals surface area contributed by atoms with Gasteiger partial charge < -0.3 is 23.8 Å². The molecule has 1 unspecified atom stereocenters. The fourth-order valence-electron chi connectivity index (χ4n) is 5.27. The zero-order valence-corrected chi connectivity index (χ0v) is 23.4. The van der Waals surface area contributed by atoms with Crippen molar-refractivity contribution in [2.75, 3.05) is 44.3 Å². The van der Waals surface area contributed by atoms with Crippen LogP contribution in [0.15, 0.2) is 36.8 Å². The molecule has 2 aliphatic heterocycles. The van der Waals surface area contributed by atoms with Gasteiger partial charge in [-0.05, 0) is 51.8 Å². The molecule has 2 aliphatic rings. The van der Waals surface area contributed by atoms with E-state index in [4.69, 9.17) is 29.5 Å². The van der Waals surface area contributed by atoms with Gasteiger partial charge in [0.1, 0.15) is 11.4 Å². The molecule has 4 aromatic rings. The van der Waals surface area contributed by atoms with Crippen LogP contribution in [0.4, 0.5) is 10.6 Å². The van der Waals surface area contributed by atoms with Crippen LogP contribution >= 0.6 is 0 Å². The lowest BCUT2D eigenvalue weighted by molar-refractivity contribution is 0.0197. The molecule has 0 bridgehead atoms. The molecule has 1 atom stereocenters. The quantitative estimate of drug-likeness (QED) is 0.379. The molecule has 0 N–H and O–H groups in total. The average molecular weight is 546 g/mol. The number of carbonyl (C=O) groups is 1. The minimum atomic E-state index is -0.525. The number of piperidine rings is 1. The van der Waals surface area contributed by atoms with E-state index in [0.717, 1.165) is 60.0 Å². The van der Waals surface area contributed by atoms with Gasteiger partial charge in [0.15, 0.2) is 17.0 Å². The number of nitrogens with zero attached hydrogens (tertiary/aromatic N) is 9. The number of imidazole rings is 1. The highest BCUT2D eigenvalue weighted by atomic mass is 16.6. The lowest BCUT2D eigenvalue weighted by atomic mass is 9.95. The summed E-state index contributed by atoms with van der Waals surface area (Å²) in [6.45, 7) is 9.63. The van der Waals surface area contributed by atoms with Crippen molar-refractivity contribution in [1.82, 2.24) is 39.2 Å². The van der Waals surface area contributed by atoms with Crippen LogP contribution in [0.5, 0.6) is 0 Å². The summed E-state index contributed by atoms with van der Waals surface area (Å²) in [5, 5.41) is 4.89. The van der Waals surface area contributed by atoms with Gasteiger partial charge in [-0.25, -0.2) is 14.5 Å². The Morgan fingerprint density at radius 3 is 2.58 bits per heavy atom. The molecular formula is C28H35N9O3. The van der Waals surface area contributed by atoms with Crippen LogP contribution in [-0.2, 0) is 16.5 Å². The van der Waals surface area contributed by atoms with E-state index in [-0.39, 0.29) is 12.0 Å². The number of amides is 1. The highest BCUT2D eigenvalue weighted by Crippen LogP contribution is 2.31. The normalized spacial score (nSPS) is 18.4. The fourth-order valence-corrected chi connectivity index (χ4v) is 5.27. The van der Waals surface area contributed by atoms with Crippen molar-refractivity contribution in [3.8, 4) is 17.3 Å². The number of aromatic nitrogens is 7. The first-order valence-electron chi connectivity index (χ1n) is 13.8. The zero-order chi connectivity index (χ0) is 27.9. The summed E-state index contributed by atoms with van der Waals surface area (Å²) in [5.41, 5.74) is 2.81. The van der Waals surface area contributed by atoms with Crippen molar-refractivity contribution in [3.05, 3.63) is 42.5 Å². The van der Waals surface area contributed by atoms with Crippen LogP contribution in [0.25, 0.3) is 28.5 Å². The Bertz CT molecular complexity index is 1500. The van der Waals surface area contributed by atoms with Gasteiger partial charge in [-0.3, -0.25) is 4.98 Å². The monoisotopic (exact) mass is 545 g/mol. The van der Waals surface area contributed by atoms with Crippen molar-refractivity contribution in [3.63, 3.8) is 0 Å². The number of carbonyl (C=O) groups excluding carboxylic acids is 1. The predicted octanol–water partition coefficient (Wildman–Crippen LogP) is 3.56. The zero-order valence-electron chi connectivity index (χ0n) is 23.4. The summed E-state index contributed by atoms with van der Waals surface area (Å²) in [7, 11) is 1.97. The Morgan fingerprint density at radius 1 is 1.05 bits per heavy atom. The van der Waals surface area contributed by atoms with Crippen molar-refractivity contribution < 1.29 is 14.3 Å². The molecule has 12 heteroatoms. The van der Waals surface area contributed by atoms with E-state index in [1.54, 1.807) is 22.0 Å². The van der Waals surface area contributed by atoms with Crippen LogP contribution in [0.1, 0.15) is 45.2 Å². The Balaban J connectivity index is 1.34. The number of aryl methyl sites for hydroxylation is 1. The molecular weight excluding hydrogens is 510 g/mol. The first-order chi connectivity index (χ1) is 19.3. The van der Waals surface area contributed by atoms with Crippen molar-refractivity contribution in [1.29, 1.82) is 0 Å². The third-order valence-electron chi connectivity index (χ3n) is 7.24. The van der Waals surface area contributed by atoms with Crippen molar-refractivity contribution >= 4 is 23.1 Å². The fraction of sp³-hybridized carbons (Fsp3) is 0.500. The molecule has 0 aromatic carbocycles. The Kier molecular flexibility index (Phi) is 6.87. The first kappa shape index (κ1) is 26.2. The number of fused-ring (bicyclic) bond motifs is 1. The molecule has 6 rings (SSSR count). The van der Waals surface area contributed by atoms with Gasteiger partial charge >= 0.3 is 6.09 Å². The lowest BCUT2D eigenvalue weighted by Gasteiger charge is -2.33. The molecule has 1 amide bonds. The second kappa shape index (κ2) is 10.5. The second-order valence-corrected chi connectivity index (χ2v) is 11.3. The van der Waals surface area contributed by atoms with Crippen LogP contribution < -0.4 is 4.90 Å². The van der Waals surface area contributed by atoms with Gasteiger partial charge in [0.05, 0.1) is 18.9 Å². The third-order valence-corrected chi connectivity index (χ3v) is 7.24. The standard InChI is InChI=1S/C28H35N9O3/c1-28(2,3)40-27(38)36-12-5-6-20(18-36)21-9-13-37(33-21)26-31-24-22(25(32-26)35-14-16-39-17-15-35)30-23(34(24)4)19-7-10-29-11-8-19/h7-11,13,20H,5-6,12,14-18H2,1-4H3. The summed E-state index contributed by atoms with van der Waals surface area (Å²) >= 11 is 0. The van der Waals surface area contributed by atoms with E-state index in [1.165, 1.54) is 0 Å². The van der Waals surface area contributed by atoms with Crippen LogP contribution in [0.3, 0.4) is 0 Å². The van der Waals surface area contributed by atoms with E-state index >= 15 is 0 Å². The molecule has 2 fully saturated rings. The summed E-state index contributed by atoms with van der Waals surface area (Å²) in [4.78, 5) is 35.7. The molecule has 0 saturated carbocycles. The molecule has 12 nitrogen and oxygen atoms in total. The minimum Gasteiger partial charge on any atom is -0.444 e. The number of pyridine rings is 1. The van der Waals surface area contributed by atoms with Gasteiger partial charge in [0, 0.05) is 63.3 Å². The number of hydrogen-bond donors (Lipinski definition) is 0. The molecule has 0 spiro atoms. The molecule has 0 aliphatic carbocycles. The highest BCUT2D eigenvalue weighted by molar-refractivity contribution is 5.87. The molecule has 0 radical (unpaired) electrons. The van der Waals surface area contributed by atoms with Gasteiger partial charge in [0.25, 0.3) is 5.95 Å². The van der Waals surface area contributed by atoms with Gasteiger partial charge in [-0.1, -0.05) is 0 Å². The molecule has 210 valence electrons. The van der Waals surface area contributed by atoms with E-state index in [2.05, 4.69) is 9.88 Å². The van der Waals surface area contributed by atoms with E-state index in [1.807, 2.05) is 56.8 Å². The number of hydrogen-bond acceptors (Lipinski definition) is 9. The number of likely N-dealkylation sites (tertiary alicyclic amines) is 1. The average Bonchev–Trinajstić information content (AvgIpc) is 3.58. The van der Waals surface area contributed by atoms with E-state index in [0.29, 0.717) is 32.3 Å². The van der Waals surface area contributed by atoms with Crippen molar-refractivity contribution in [2.24, 2.45) is 7.05 Å².